The molecule has 0 aromatic heterocycles. The molecule has 1 aromatic rings. The van der Waals surface area contributed by atoms with Crippen molar-refractivity contribution in [1.82, 2.24) is 5.32 Å². The first-order valence-corrected chi connectivity index (χ1v) is 6.13. The summed E-state index contributed by atoms with van der Waals surface area (Å²) in [6.07, 6.45) is 0. The number of rotatable bonds is 4. The molecular weight excluding hydrogens is 256 g/mol. The SMILES string of the molecule is CCNC(C(N)=O)c1cc(Cl)c2c(c1)OCCO2. The van der Waals surface area contributed by atoms with E-state index >= 15 is 0 Å². The predicted molar refractivity (Wildman–Crippen MR) is 68.1 cm³/mol. The van der Waals surface area contributed by atoms with Crippen molar-refractivity contribution in [1.29, 1.82) is 0 Å². The Labute approximate surface area is 110 Å². The Morgan fingerprint density at radius 2 is 2.22 bits per heavy atom. The van der Waals surface area contributed by atoms with Gasteiger partial charge in [-0.05, 0) is 24.2 Å². The van der Waals surface area contributed by atoms with Gasteiger partial charge in [0.2, 0.25) is 5.91 Å². The number of carbonyl (C=O) groups excluding carboxylic acids is 1. The first-order chi connectivity index (χ1) is 8.63. The Kier molecular flexibility index (Phi) is 3.93. The number of hydrogen-bond acceptors (Lipinski definition) is 4. The van der Waals surface area contributed by atoms with Crippen LogP contribution in [-0.4, -0.2) is 25.7 Å². The molecule has 0 saturated carbocycles. The van der Waals surface area contributed by atoms with Crippen molar-refractivity contribution >= 4 is 17.5 Å². The van der Waals surface area contributed by atoms with Crippen LogP contribution in [0.3, 0.4) is 0 Å². The van der Waals surface area contributed by atoms with Crippen molar-refractivity contribution in [2.45, 2.75) is 13.0 Å². The monoisotopic (exact) mass is 270 g/mol. The number of nitrogens with one attached hydrogen (secondary N) is 1. The summed E-state index contributed by atoms with van der Waals surface area (Å²) >= 11 is 6.11. The van der Waals surface area contributed by atoms with Crippen LogP contribution in [0.4, 0.5) is 0 Å². The lowest BCUT2D eigenvalue weighted by Gasteiger charge is -2.22. The van der Waals surface area contributed by atoms with Crippen molar-refractivity contribution in [2.24, 2.45) is 5.73 Å². The maximum Gasteiger partial charge on any atom is 0.239 e. The molecule has 1 aliphatic heterocycles. The summed E-state index contributed by atoms with van der Waals surface area (Å²) in [5.74, 6) is 0.615. The molecule has 6 heteroatoms. The highest BCUT2D eigenvalue weighted by atomic mass is 35.5. The summed E-state index contributed by atoms with van der Waals surface area (Å²) in [7, 11) is 0. The number of likely N-dealkylation sites (N-methyl/N-ethyl adjacent to an activating group) is 1. The fourth-order valence-corrected chi connectivity index (χ4v) is 2.16. The summed E-state index contributed by atoms with van der Waals surface area (Å²) in [4.78, 5) is 11.4. The quantitative estimate of drug-likeness (QED) is 0.864. The number of primary amides is 1. The van der Waals surface area contributed by atoms with E-state index in [1.165, 1.54) is 0 Å². The van der Waals surface area contributed by atoms with Crippen molar-refractivity contribution in [3.63, 3.8) is 0 Å². The van der Waals surface area contributed by atoms with Crippen molar-refractivity contribution in [3.8, 4) is 11.5 Å². The smallest absolute Gasteiger partial charge is 0.239 e. The second-order valence-electron chi connectivity index (χ2n) is 3.92. The minimum absolute atomic E-state index is 0.423. The van der Waals surface area contributed by atoms with Gasteiger partial charge in [-0.2, -0.15) is 0 Å². The Balaban J connectivity index is 2.38. The van der Waals surface area contributed by atoms with Gasteiger partial charge in [0, 0.05) is 0 Å². The van der Waals surface area contributed by atoms with E-state index in [0.717, 1.165) is 0 Å². The van der Waals surface area contributed by atoms with Gasteiger partial charge in [-0.1, -0.05) is 18.5 Å². The average molecular weight is 271 g/mol. The molecule has 0 saturated heterocycles. The number of benzene rings is 1. The normalized spacial score (nSPS) is 15.2. The lowest BCUT2D eigenvalue weighted by Crippen LogP contribution is -2.33. The van der Waals surface area contributed by atoms with E-state index in [1.807, 2.05) is 6.92 Å². The van der Waals surface area contributed by atoms with Crippen LogP contribution in [0.5, 0.6) is 11.5 Å². The zero-order valence-corrected chi connectivity index (χ0v) is 10.8. The standard InChI is InChI=1S/C12H15ClN2O3/c1-2-15-10(12(14)16)7-5-8(13)11-9(6-7)17-3-4-18-11/h5-6,10,15H,2-4H2,1H3,(H2,14,16). The van der Waals surface area contributed by atoms with Crippen molar-refractivity contribution in [3.05, 3.63) is 22.7 Å². The summed E-state index contributed by atoms with van der Waals surface area (Å²) in [6.45, 7) is 3.46. The number of halogens is 1. The Morgan fingerprint density at radius 3 is 2.89 bits per heavy atom. The molecule has 2 rings (SSSR count). The van der Waals surface area contributed by atoms with E-state index in [1.54, 1.807) is 12.1 Å². The second kappa shape index (κ2) is 5.46. The molecule has 0 spiro atoms. The molecule has 1 heterocycles. The third kappa shape index (κ3) is 2.52. The third-order valence-electron chi connectivity index (χ3n) is 2.65. The van der Waals surface area contributed by atoms with Gasteiger partial charge >= 0.3 is 0 Å². The lowest BCUT2D eigenvalue weighted by atomic mass is 10.1. The molecule has 1 atom stereocenters. The van der Waals surface area contributed by atoms with Crippen LogP contribution in [0, 0.1) is 0 Å². The third-order valence-corrected chi connectivity index (χ3v) is 2.93. The molecule has 98 valence electrons. The summed E-state index contributed by atoms with van der Waals surface area (Å²) in [6, 6.07) is 2.83. The van der Waals surface area contributed by atoms with Crippen molar-refractivity contribution < 1.29 is 14.3 Å². The highest BCUT2D eigenvalue weighted by Gasteiger charge is 2.22. The van der Waals surface area contributed by atoms with Gasteiger partial charge in [0.1, 0.15) is 19.3 Å². The fourth-order valence-electron chi connectivity index (χ4n) is 1.88. The van der Waals surface area contributed by atoms with E-state index < -0.39 is 11.9 Å². The zero-order valence-electron chi connectivity index (χ0n) is 10.0. The largest absolute Gasteiger partial charge is 0.486 e. The van der Waals surface area contributed by atoms with Crippen LogP contribution in [0.25, 0.3) is 0 Å². The molecule has 1 amide bonds. The van der Waals surface area contributed by atoms with Gasteiger partial charge in [-0.3, -0.25) is 4.79 Å². The molecule has 5 nitrogen and oxygen atoms in total. The Bertz CT molecular complexity index is 465. The number of nitrogens with two attached hydrogens (primary N) is 1. The average Bonchev–Trinajstić information content (AvgIpc) is 2.35. The van der Waals surface area contributed by atoms with E-state index in [4.69, 9.17) is 26.8 Å². The molecule has 1 unspecified atom stereocenters. The molecule has 3 N–H and O–H groups in total. The van der Waals surface area contributed by atoms with Crippen LogP contribution in [-0.2, 0) is 4.79 Å². The number of carbonyl (C=O) groups is 1. The summed E-state index contributed by atoms with van der Waals surface area (Å²) < 4.78 is 10.9. The van der Waals surface area contributed by atoms with Gasteiger partial charge in [0.25, 0.3) is 0 Å². The molecular formula is C12H15ClN2O3. The van der Waals surface area contributed by atoms with E-state index in [-0.39, 0.29) is 0 Å². The number of hydrogen-bond donors (Lipinski definition) is 2. The highest BCUT2D eigenvalue weighted by Crippen LogP contribution is 2.39. The maximum absolute atomic E-state index is 11.4. The van der Waals surface area contributed by atoms with Crippen LogP contribution in [0.1, 0.15) is 18.5 Å². The van der Waals surface area contributed by atoms with Crippen molar-refractivity contribution in [2.75, 3.05) is 19.8 Å². The Hall–Kier alpha value is -1.46. The van der Waals surface area contributed by atoms with Gasteiger partial charge in [-0.25, -0.2) is 0 Å². The number of ether oxygens (including phenoxy) is 2. The van der Waals surface area contributed by atoms with E-state index in [0.29, 0.717) is 41.8 Å². The number of fused-ring (bicyclic) bond motifs is 1. The Morgan fingerprint density at radius 1 is 1.50 bits per heavy atom. The topological polar surface area (TPSA) is 73.6 Å². The molecule has 0 bridgehead atoms. The first-order valence-electron chi connectivity index (χ1n) is 5.75. The van der Waals surface area contributed by atoms with E-state index in [9.17, 15) is 4.79 Å². The summed E-state index contributed by atoms with van der Waals surface area (Å²) in [5.41, 5.74) is 6.04. The maximum atomic E-state index is 11.4. The van der Waals surface area contributed by atoms with E-state index in [2.05, 4.69) is 5.32 Å². The van der Waals surface area contributed by atoms with Gasteiger partial charge in [0.05, 0.1) is 5.02 Å². The second-order valence-corrected chi connectivity index (χ2v) is 4.33. The molecule has 1 aliphatic rings. The van der Waals surface area contributed by atoms with Crippen LogP contribution >= 0.6 is 11.6 Å². The lowest BCUT2D eigenvalue weighted by molar-refractivity contribution is -0.120. The van der Waals surface area contributed by atoms with Crippen LogP contribution in [0.15, 0.2) is 12.1 Å². The molecule has 0 aliphatic carbocycles. The van der Waals surface area contributed by atoms with Crippen LogP contribution in [0.2, 0.25) is 5.02 Å². The van der Waals surface area contributed by atoms with Gasteiger partial charge in [-0.15, -0.1) is 0 Å². The minimum atomic E-state index is -0.580. The van der Waals surface area contributed by atoms with Crippen LogP contribution < -0.4 is 20.5 Å². The fraction of sp³-hybridized carbons (Fsp3) is 0.417. The highest BCUT2D eigenvalue weighted by molar-refractivity contribution is 6.32. The minimum Gasteiger partial charge on any atom is -0.486 e. The van der Waals surface area contributed by atoms with Gasteiger partial charge < -0.3 is 20.5 Å². The summed E-state index contributed by atoms with van der Waals surface area (Å²) in [5, 5.41) is 3.43. The predicted octanol–water partition coefficient (Wildman–Crippen LogP) is 1.25. The molecule has 18 heavy (non-hydrogen) atoms. The zero-order chi connectivity index (χ0) is 13.1. The molecule has 0 radical (unpaired) electrons. The number of amides is 1. The molecule has 0 fully saturated rings. The molecule has 1 aromatic carbocycles. The first kappa shape index (κ1) is 13.0. The van der Waals surface area contributed by atoms with Gasteiger partial charge in [0.15, 0.2) is 11.5 Å².